The van der Waals surface area contributed by atoms with Crippen LogP contribution in [-0.2, 0) is 0 Å². The average Bonchev–Trinajstić information content (AvgIpc) is 2.46. The van der Waals surface area contributed by atoms with Crippen molar-refractivity contribution < 1.29 is 4.74 Å². The summed E-state index contributed by atoms with van der Waals surface area (Å²) in [4.78, 5) is 0. The SMILES string of the molecule is COc1ccccc1C1C=Cc2ccccc2N1. The van der Waals surface area contributed by atoms with Crippen LogP contribution in [0.5, 0.6) is 5.75 Å². The van der Waals surface area contributed by atoms with Crippen LogP contribution >= 0.6 is 0 Å². The summed E-state index contributed by atoms with van der Waals surface area (Å²) in [5.74, 6) is 0.916. The molecule has 0 radical (unpaired) electrons. The number of fused-ring (bicyclic) bond motifs is 1. The number of methoxy groups -OCH3 is 1. The maximum atomic E-state index is 5.41. The summed E-state index contributed by atoms with van der Waals surface area (Å²) in [6.07, 6.45) is 4.32. The smallest absolute Gasteiger partial charge is 0.124 e. The Labute approximate surface area is 107 Å². The van der Waals surface area contributed by atoms with E-state index in [1.165, 1.54) is 5.56 Å². The van der Waals surface area contributed by atoms with Crippen molar-refractivity contribution in [3.05, 3.63) is 65.7 Å². The van der Waals surface area contributed by atoms with Gasteiger partial charge in [0.25, 0.3) is 0 Å². The molecule has 0 amide bonds. The predicted octanol–water partition coefficient (Wildman–Crippen LogP) is 3.88. The van der Waals surface area contributed by atoms with Gasteiger partial charge in [0.2, 0.25) is 0 Å². The van der Waals surface area contributed by atoms with Crippen molar-refractivity contribution in [1.29, 1.82) is 0 Å². The van der Waals surface area contributed by atoms with Crippen molar-refractivity contribution in [2.24, 2.45) is 0 Å². The van der Waals surface area contributed by atoms with E-state index in [4.69, 9.17) is 4.74 Å². The molecule has 0 saturated heterocycles. The van der Waals surface area contributed by atoms with Crippen molar-refractivity contribution >= 4 is 11.8 Å². The van der Waals surface area contributed by atoms with E-state index in [9.17, 15) is 0 Å². The molecule has 2 heteroatoms. The lowest BCUT2D eigenvalue weighted by atomic mass is 9.99. The van der Waals surface area contributed by atoms with Crippen molar-refractivity contribution in [3.63, 3.8) is 0 Å². The first-order valence-corrected chi connectivity index (χ1v) is 6.05. The molecule has 1 N–H and O–H groups in total. The van der Waals surface area contributed by atoms with Gasteiger partial charge >= 0.3 is 0 Å². The highest BCUT2D eigenvalue weighted by molar-refractivity contribution is 5.71. The van der Waals surface area contributed by atoms with Crippen molar-refractivity contribution in [2.45, 2.75) is 6.04 Å². The molecule has 0 saturated carbocycles. The summed E-state index contributed by atoms with van der Waals surface area (Å²) in [6.45, 7) is 0. The van der Waals surface area contributed by atoms with Gasteiger partial charge in [0.1, 0.15) is 5.75 Å². The highest BCUT2D eigenvalue weighted by atomic mass is 16.5. The second kappa shape index (κ2) is 4.57. The third-order valence-corrected chi connectivity index (χ3v) is 3.21. The minimum atomic E-state index is 0.163. The fraction of sp³-hybridized carbons (Fsp3) is 0.125. The van der Waals surface area contributed by atoms with Crippen LogP contribution in [0.4, 0.5) is 5.69 Å². The van der Waals surface area contributed by atoms with Crippen LogP contribution in [-0.4, -0.2) is 7.11 Å². The van der Waals surface area contributed by atoms with Crippen LogP contribution in [0.1, 0.15) is 17.2 Å². The van der Waals surface area contributed by atoms with Crippen LogP contribution in [0.2, 0.25) is 0 Å². The molecule has 1 aliphatic heterocycles. The Bertz CT molecular complexity index is 589. The van der Waals surface area contributed by atoms with Gasteiger partial charge in [0.15, 0.2) is 0 Å². The average molecular weight is 237 g/mol. The van der Waals surface area contributed by atoms with E-state index in [0.717, 1.165) is 17.0 Å². The quantitative estimate of drug-likeness (QED) is 0.856. The van der Waals surface area contributed by atoms with E-state index in [-0.39, 0.29) is 6.04 Å². The Morgan fingerprint density at radius 1 is 1.00 bits per heavy atom. The van der Waals surface area contributed by atoms with Gasteiger partial charge in [-0.15, -0.1) is 0 Å². The summed E-state index contributed by atoms with van der Waals surface area (Å²) >= 11 is 0. The predicted molar refractivity (Wildman–Crippen MR) is 74.8 cm³/mol. The maximum Gasteiger partial charge on any atom is 0.124 e. The summed E-state index contributed by atoms with van der Waals surface area (Å²) in [5, 5.41) is 3.52. The third-order valence-electron chi connectivity index (χ3n) is 3.21. The van der Waals surface area contributed by atoms with Crippen LogP contribution < -0.4 is 10.1 Å². The Hall–Kier alpha value is -2.22. The molecule has 0 fully saturated rings. The van der Waals surface area contributed by atoms with E-state index < -0.39 is 0 Å². The summed E-state index contributed by atoms with van der Waals surface area (Å²) in [6, 6.07) is 16.6. The molecular formula is C16H15NO. The van der Waals surface area contributed by atoms with Gasteiger partial charge in [0.05, 0.1) is 13.2 Å². The lowest BCUT2D eigenvalue weighted by Crippen LogP contribution is -2.12. The highest BCUT2D eigenvalue weighted by Crippen LogP contribution is 2.33. The second-order valence-corrected chi connectivity index (χ2v) is 4.31. The molecular weight excluding hydrogens is 222 g/mol. The molecule has 0 bridgehead atoms. The maximum absolute atomic E-state index is 5.41. The zero-order chi connectivity index (χ0) is 12.4. The molecule has 0 spiro atoms. The molecule has 1 aliphatic rings. The van der Waals surface area contributed by atoms with E-state index in [1.807, 2.05) is 30.3 Å². The molecule has 0 aliphatic carbocycles. The van der Waals surface area contributed by atoms with Crippen LogP contribution in [0, 0.1) is 0 Å². The molecule has 1 unspecified atom stereocenters. The number of anilines is 1. The lowest BCUT2D eigenvalue weighted by molar-refractivity contribution is 0.409. The van der Waals surface area contributed by atoms with Crippen LogP contribution in [0.15, 0.2) is 54.6 Å². The number of hydrogen-bond acceptors (Lipinski definition) is 2. The second-order valence-electron chi connectivity index (χ2n) is 4.31. The van der Waals surface area contributed by atoms with Gasteiger partial charge in [-0.1, -0.05) is 48.6 Å². The van der Waals surface area contributed by atoms with Crippen molar-refractivity contribution in [1.82, 2.24) is 0 Å². The topological polar surface area (TPSA) is 21.3 Å². The first-order valence-electron chi connectivity index (χ1n) is 6.05. The molecule has 1 heterocycles. The summed E-state index contributed by atoms with van der Waals surface area (Å²) in [7, 11) is 1.71. The minimum absolute atomic E-state index is 0.163. The Balaban J connectivity index is 1.97. The Kier molecular flexibility index (Phi) is 2.77. The van der Waals surface area contributed by atoms with Gasteiger partial charge in [-0.2, -0.15) is 0 Å². The zero-order valence-corrected chi connectivity index (χ0v) is 10.3. The molecule has 3 rings (SSSR count). The molecule has 18 heavy (non-hydrogen) atoms. The third kappa shape index (κ3) is 1.86. The molecule has 1 atom stereocenters. The monoisotopic (exact) mass is 237 g/mol. The molecule has 2 aromatic rings. The first kappa shape index (κ1) is 10.9. The van der Waals surface area contributed by atoms with Gasteiger partial charge in [-0.05, 0) is 17.7 Å². The van der Waals surface area contributed by atoms with Gasteiger partial charge < -0.3 is 10.1 Å². The number of nitrogens with one attached hydrogen (secondary N) is 1. The first-order chi connectivity index (χ1) is 8.88. The highest BCUT2D eigenvalue weighted by Gasteiger charge is 2.16. The molecule has 2 aromatic carbocycles. The van der Waals surface area contributed by atoms with Crippen LogP contribution in [0.25, 0.3) is 6.08 Å². The van der Waals surface area contributed by atoms with Gasteiger partial charge in [-0.3, -0.25) is 0 Å². The number of ether oxygens (including phenoxy) is 1. The fourth-order valence-electron chi connectivity index (χ4n) is 2.29. The minimum Gasteiger partial charge on any atom is -0.496 e. The van der Waals surface area contributed by atoms with Crippen molar-refractivity contribution in [3.8, 4) is 5.75 Å². The number of rotatable bonds is 2. The number of para-hydroxylation sites is 2. The van der Waals surface area contributed by atoms with Gasteiger partial charge in [-0.25, -0.2) is 0 Å². The van der Waals surface area contributed by atoms with Gasteiger partial charge in [0, 0.05) is 11.3 Å². The Morgan fingerprint density at radius 2 is 1.78 bits per heavy atom. The van der Waals surface area contributed by atoms with Crippen molar-refractivity contribution in [2.75, 3.05) is 12.4 Å². The van der Waals surface area contributed by atoms with E-state index in [1.54, 1.807) is 7.11 Å². The number of benzene rings is 2. The lowest BCUT2D eigenvalue weighted by Gasteiger charge is -2.24. The summed E-state index contributed by atoms with van der Waals surface area (Å²) in [5.41, 5.74) is 3.55. The van der Waals surface area contributed by atoms with E-state index >= 15 is 0 Å². The normalized spacial score (nSPS) is 16.8. The Morgan fingerprint density at radius 3 is 2.67 bits per heavy atom. The number of hydrogen-bond donors (Lipinski definition) is 1. The fourth-order valence-corrected chi connectivity index (χ4v) is 2.29. The van der Waals surface area contributed by atoms with E-state index in [0.29, 0.717) is 0 Å². The molecule has 2 nitrogen and oxygen atoms in total. The summed E-state index contributed by atoms with van der Waals surface area (Å²) < 4.78 is 5.41. The molecule has 90 valence electrons. The largest absolute Gasteiger partial charge is 0.496 e. The zero-order valence-electron chi connectivity index (χ0n) is 10.3. The molecule has 0 aromatic heterocycles. The van der Waals surface area contributed by atoms with E-state index in [2.05, 4.69) is 35.7 Å². The standard InChI is InChI=1S/C16H15NO/c1-18-16-9-5-3-7-13(16)15-11-10-12-6-2-4-8-14(12)17-15/h2-11,15,17H,1H3. The van der Waals surface area contributed by atoms with Crippen LogP contribution in [0.3, 0.4) is 0 Å².